The molecule has 0 saturated heterocycles. The molecule has 40 valence electrons. The molecule has 7 heavy (non-hydrogen) atoms. The van der Waals surface area contributed by atoms with E-state index in [0.29, 0.717) is 0 Å². The molecule has 1 aliphatic heterocycles. The molecule has 0 aromatic carbocycles. The van der Waals surface area contributed by atoms with Gasteiger partial charge in [-0.3, -0.25) is 0 Å². The van der Waals surface area contributed by atoms with E-state index in [4.69, 9.17) is 0 Å². The predicted octanol–water partition coefficient (Wildman–Crippen LogP) is 0.673. The number of hydrogen-bond acceptors (Lipinski definition) is 2. The molecular weight excluding hydrogens is 156 g/mol. The van der Waals surface area contributed by atoms with Crippen molar-refractivity contribution in [1.82, 2.24) is 10.4 Å². The van der Waals surface area contributed by atoms with Crippen LogP contribution in [-0.2, 0) is 0 Å². The Morgan fingerprint density at radius 3 is 2.86 bits per heavy atom. The van der Waals surface area contributed by atoms with Crippen molar-refractivity contribution in [3.8, 4) is 0 Å². The molecule has 0 aliphatic carbocycles. The van der Waals surface area contributed by atoms with Crippen molar-refractivity contribution < 1.29 is 0 Å². The van der Waals surface area contributed by atoms with Gasteiger partial charge in [-0.1, -0.05) is 0 Å². The molecule has 1 aliphatic rings. The molecule has 0 fully saturated rings. The second kappa shape index (κ2) is 1.84. The molecule has 0 atom stereocenters. The second-order valence-corrected chi connectivity index (χ2v) is 2.40. The molecule has 1 heterocycles. The normalized spacial score (nSPS) is 21.7. The first-order valence-corrected chi connectivity index (χ1v) is 2.92. The van der Waals surface area contributed by atoms with Gasteiger partial charge in [0.25, 0.3) is 0 Å². The van der Waals surface area contributed by atoms with Crippen LogP contribution >= 0.6 is 15.9 Å². The van der Waals surface area contributed by atoms with Crippen LogP contribution in [0.15, 0.2) is 10.7 Å². The van der Waals surface area contributed by atoms with Gasteiger partial charge < -0.3 is 5.43 Å². The average Bonchev–Trinajstić information content (AvgIpc) is 1.87. The third kappa shape index (κ3) is 1.17. The van der Waals surface area contributed by atoms with Crippen molar-refractivity contribution in [2.45, 2.75) is 0 Å². The third-order valence-corrected chi connectivity index (χ3v) is 1.34. The van der Waals surface area contributed by atoms with E-state index in [0.717, 1.165) is 11.2 Å². The summed E-state index contributed by atoms with van der Waals surface area (Å²) in [6.07, 6.45) is 2.07. The van der Waals surface area contributed by atoms with E-state index in [1.807, 2.05) is 12.1 Å². The van der Waals surface area contributed by atoms with E-state index in [-0.39, 0.29) is 0 Å². The number of rotatable bonds is 0. The molecule has 0 aromatic rings. The summed E-state index contributed by atoms with van der Waals surface area (Å²) < 4.78 is 1.06. The summed E-state index contributed by atoms with van der Waals surface area (Å²) in [6, 6.07) is 0. The van der Waals surface area contributed by atoms with Gasteiger partial charge in [0.2, 0.25) is 0 Å². The highest BCUT2D eigenvalue weighted by atomic mass is 79.9. The number of hydrogen-bond donors (Lipinski definition) is 1. The third-order valence-electron chi connectivity index (χ3n) is 0.842. The van der Waals surface area contributed by atoms with E-state index >= 15 is 0 Å². The Labute approximate surface area is 51.3 Å². The maximum absolute atomic E-state index is 3.29. The van der Waals surface area contributed by atoms with Gasteiger partial charge in [0.15, 0.2) is 0 Å². The maximum atomic E-state index is 3.29. The Morgan fingerprint density at radius 2 is 2.71 bits per heavy atom. The van der Waals surface area contributed by atoms with E-state index in [9.17, 15) is 0 Å². The molecule has 0 bridgehead atoms. The highest BCUT2D eigenvalue weighted by Gasteiger charge is 2.02. The second-order valence-electron chi connectivity index (χ2n) is 1.54. The van der Waals surface area contributed by atoms with Crippen LogP contribution in [0.4, 0.5) is 0 Å². The van der Waals surface area contributed by atoms with E-state index in [1.165, 1.54) is 0 Å². The van der Waals surface area contributed by atoms with Crippen LogP contribution in [0.2, 0.25) is 0 Å². The molecule has 1 N–H and O–H groups in total. The first-order chi connectivity index (χ1) is 3.29. The lowest BCUT2D eigenvalue weighted by molar-refractivity contribution is 0.330. The Morgan fingerprint density at radius 1 is 2.00 bits per heavy atom. The van der Waals surface area contributed by atoms with Crippen LogP contribution in [0.5, 0.6) is 0 Å². The van der Waals surface area contributed by atoms with Crippen LogP contribution in [-0.4, -0.2) is 18.6 Å². The summed E-state index contributed by atoms with van der Waals surface area (Å²) in [4.78, 5) is 0. The van der Waals surface area contributed by atoms with Gasteiger partial charge in [0.1, 0.15) is 0 Å². The van der Waals surface area contributed by atoms with Crippen molar-refractivity contribution in [2.75, 3.05) is 13.6 Å². The topological polar surface area (TPSA) is 15.3 Å². The minimum absolute atomic E-state index is 0.987. The summed E-state index contributed by atoms with van der Waals surface area (Å²) in [5.74, 6) is 0. The molecule has 0 saturated carbocycles. The minimum Gasteiger partial charge on any atom is -0.313 e. The zero-order valence-corrected chi connectivity index (χ0v) is 5.70. The zero-order valence-electron chi connectivity index (χ0n) is 4.11. The molecule has 0 amide bonds. The SMILES string of the molecule is CN1CC=C(Br)N1. The number of likely N-dealkylation sites (N-methyl/N-ethyl adjacent to an activating group) is 1. The molecule has 0 spiro atoms. The predicted molar refractivity (Wildman–Crippen MR) is 32.8 cm³/mol. The highest BCUT2D eigenvalue weighted by molar-refractivity contribution is 9.11. The fourth-order valence-corrected chi connectivity index (χ4v) is 0.938. The Kier molecular flexibility index (Phi) is 1.35. The standard InChI is InChI=1S/C4H7BrN2/c1-7-3-2-4(5)6-7/h2,6H,3H2,1H3. The van der Waals surface area contributed by atoms with E-state index in [1.54, 1.807) is 0 Å². The average molecular weight is 163 g/mol. The minimum atomic E-state index is 0.987. The molecule has 0 aromatic heterocycles. The van der Waals surface area contributed by atoms with Crippen molar-refractivity contribution >= 4 is 15.9 Å². The maximum Gasteiger partial charge on any atom is 0.0897 e. The van der Waals surface area contributed by atoms with Crippen LogP contribution in [0.3, 0.4) is 0 Å². The van der Waals surface area contributed by atoms with Crippen LogP contribution in [0, 0.1) is 0 Å². The molecular formula is C4H7BrN2. The Hall–Kier alpha value is -0.0200. The summed E-state index contributed by atoms with van der Waals surface area (Å²) in [5.41, 5.74) is 3.03. The summed E-state index contributed by atoms with van der Waals surface area (Å²) in [6.45, 7) is 0.987. The van der Waals surface area contributed by atoms with Gasteiger partial charge in [0, 0.05) is 13.6 Å². The highest BCUT2D eigenvalue weighted by Crippen LogP contribution is 2.05. The zero-order chi connectivity index (χ0) is 5.28. The Balaban J connectivity index is 2.42. The lowest BCUT2D eigenvalue weighted by Gasteiger charge is -2.06. The van der Waals surface area contributed by atoms with Crippen molar-refractivity contribution in [3.05, 3.63) is 10.7 Å². The molecule has 0 unspecified atom stereocenters. The van der Waals surface area contributed by atoms with Gasteiger partial charge in [-0.2, -0.15) is 0 Å². The summed E-state index contributed by atoms with van der Waals surface area (Å²) >= 11 is 3.29. The smallest absolute Gasteiger partial charge is 0.0897 e. The Bertz CT molecular complexity index is 99.9. The van der Waals surface area contributed by atoms with Gasteiger partial charge in [0.05, 0.1) is 4.61 Å². The fraction of sp³-hybridized carbons (Fsp3) is 0.500. The van der Waals surface area contributed by atoms with E-state index in [2.05, 4.69) is 27.4 Å². The van der Waals surface area contributed by atoms with Crippen molar-refractivity contribution in [1.29, 1.82) is 0 Å². The first kappa shape index (κ1) is 5.12. The lowest BCUT2D eigenvalue weighted by Crippen LogP contribution is -2.25. The van der Waals surface area contributed by atoms with Crippen LogP contribution in [0.25, 0.3) is 0 Å². The van der Waals surface area contributed by atoms with E-state index < -0.39 is 0 Å². The lowest BCUT2D eigenvalue weighted by atomic mass is 10.6. The molecule has 1 rings (SSSR count). The van der Waals surface area contributed by atoms with Crippen LogP contribution < -0.4 is 5.43 Å². The van der Waals surface area contributed by atoms with Crippen molar-refractivity contribution in [3.63, 3.8) is 0 Å². The van der Waals surface area contributed by atoms with Crippen molar-refractivity contribution in [2.24, 2.45) is 0 Å². The van der Waals surface area contributed by atoms with Gasteiger partial charge in [-0.05, 0) is 22.0 Å². The van der Waals surface area contributed by atoms with Gasteiger partial charge in [-0.15, -0.1) is 0 Å². The summed E-state index contributed by atoms with van der Waals surface area (Å²) in [5, 5.41) is 1.99. The van der Waals surface area contributed by atoms with Gasteiger partial charge in [-0.25, -0.2) is 5.01 Å². The largest absolute Gasteiger partial charge is 0.313 e. The van der Waals surface area contributed by atoms with Gasteiger partial charge >= 0.3 is 0 Å². The number of halogens is 1. The number of nitrogens with zero attached hydrogens (tertiary/aromatic N) is 1. The molecule has 2 nitrogen and oxygen atoms in total. The monoisotopic (exact) mass is 162 g/mol. The summed E-state index contributed by atoms with van der Waals surface area (Å²) in [7, 11) is 1.99. The fourth-order valence-electron chi connectivity index (χ4n) is 0.491. The molecule has 0 radical (unpaired) electrons. The number of nitrogens with one attached hydrogen (secondary N) is 1. The first-order valence-electron chi connectivity index (χ1n) is 2.12. The quantitative estimate of drug-likeness (QED) is 0.528. The van der Waals surface area contributed by atoms with Crippen LogP contribution in [0.1, 0.15) is 0 Å². The number of hydrazine groups is 1. The molecule has 3 heteroatoms.